The maximum atomic E-state index is 12.3. The van der Waals surface area contributed by atoms with Crippen molar-refractivity contribution < 1.29 is 19.4 Å². The minimum atomic E-state index is -0.888. The van der Waals surface area contributed by atoms with Crippen molar-refractivity contribution in [2.45, 2.75) is 43.9 Å². The van der Waals surface area contributed by atoms with E-state index in [2.05, 4.69) is 4.90 Å². The molecular weight excluding hydrogens is 282 g/mol. The van der Waals surface area contributed by atoms with Crippen molar-refractivity contribution in [3.05, 3.63) is 35.9 Å². The van der Waals surface area contributed by atoms with E-state index < -0.39 is 29.5 Å². The minimum absolute atomic E-state index is 0.286. The molecule has 0 aromatic heterocycles. The number of rotatable bonds is 3. The number of piperidine rings is 1. The van der Waals surface area contributed by atoms with E-state index in [4.69, 9.17) is 4.74 Å². The fourth-order valence-electron chi connectivity index (χ4n) is 4.02. The molecule has 2 aliphatic rings. The molecule has 0 radical (unpaired) electrons. The lowest BCUT2D eigenvalue weighted by Gasteiger charge is -2.47. The average molecular weight is 303 g/mol. The topological polar surface area (TPSA) is 66.8 Å². The number of carboxylic acid groups (broad SMARTS) is 1. The summed E-state index contributed by atoms with van der Waals surface area (Å²) in [7, 11) is 1.98. The van der Waals surface area contributed by atoms with Crippen LogP contribution in [0.4, 0.5) is 0 Å². The first-order valence-electron chi connectivity index (χ1n) is 7.65. The van der Waals surface area contributed by atoms with Gasteiger partial charge >= 0.3 is 11.9 Å². The Labute approximate surface area is 129 Å². The second-order valence-corrected chi connectivity index (χ2v) is 6.52. The van der Waals surface area contributed by atoms with Gasteiger partial charge in [0.05, 0.1) is 5.56 Å². The molecule has 1 aromatic rings. The number of carbonyl (C=O) groups is 2. The highest BCUT2D eigenvalue weighted by atomic mass is 16.5. The predicted molar refractivity (Wildman–Crippen MR) is 80.6 cm³/mol. The van der Waals surface area contributed by atoms with Gasteiger partial charge in [-0.15, -0.1) is 0 Å². The number of hydrogen-bond donors (Lipinski definition) is 1. The molecule has 4 atom stereocenters. The van der Waals surface area contributed by atoms with Gasteiger partial charge in [0.2, 0.25) is 0 Å². The fourth-order valence-corrected chi connectivity index (χ4v) is 4.02. The lowest BCUT2D eigenvalue weighted by molar-refractivity contribution is -0.158. The lowest BCUT2D eigenvalue weighted by Crippen LogP contribution is -2.60. The molecule has 0 spiro atoms. The summed E-state index contributed by atoms with van der Waals surface area (Å²) in [6, 6.07) is 9.02. The summed E-state index contributed by atoms with van der Waals surface area (Å²) >= 11 is 0. The highest BCUT2D eigenvalue weighted by Crippen LogP contribution is 2.47. The monoisotopic (exact) mass is 303 g/mol. The van der Waals surface area contributed by atoms with Gasteiger partial charge in [0.15, 0.2) is 0 Å². The smallest absolute Gasteiger partial charge is 0.338 e. The van der Waals surface area contributed by atoms with Crippen molar-refractivity contribution in [1.82, 2.24) is 4.90 Å². The Morgan fingerprint density at radius 1 is 1.32 bits per heavy atom. The van der Waals surface area contributed by atoms with Gasteiger partial charge in [0.1, 0.15) is 12.0 Å². The van der Waals surface area contributed by atoms with Gasteiger partial charge in [-0.3, -0.25) is 9.69 Å². The zero-order chi connectivity index (χ0) is 15.9. The Morgan fingerprint density at radius 3 is 2.64 bits per heavy atom. The summed E-state index contributed by atoms with van der Waals surface area (Å²) in [5.41, 5.74) is 0.0131. The van der Waals surface area contributed by atoms with Crippen LogP contribution in [0, 0.1) is 5.92 Å². The number of ether oxygens (including phenoxy) is 1. The second kappa shape index (κ2) is 5.39. The van der Waals surface area contributed by atoms with Crippen molar-refractivity contribution in [2.75, 3.05) is 7.05 Å². The number of nitrogens with zero attached hydrogens (tertiary/aromatic N) is 1. The Morgan fingerprint density at radius 2 is 2.00 bits per heavy atom. The van der Waals surface area contributed by atoms with Crippen LogP contribution < -0.4 is 0 Å². The second-order valence-electron chi connectivity index (χ2n) is 6.52. The maximum Gasteiger partial charge on any atom is 0.338 e. The van der Waals surface area contributed by atoms with Crippen molar-refractivity contribution in [3.8, 4) is 0 Å². The van der Waals surface area contributed by atoms with Crippen LogP contribution in [0.5, 0.6) is 0 Å². The molecule has 0 unspecified atom stereocenters. The first-order valence-corrected chi connectivity index (χ1v) is 7.65. The van der Waals surface area contributed by atoms with Crippen LogP contribution in [0.15, 0.2) is 30.3 Å². The largest absolute Gasteiger partial charge is 0.481 e. The zero-order valence-electron chi connectivity index (χ0n) is 12.9. The van der Waals surface area contributed by atoms with Crippen LogP contribution >= 0.6 is 0 Å². The molecule has 22 heavy (non-hydrogen) atoms. The zero-order valence-corrected chi connectivity index (χ0v) is 12.9. The number of benzene rings is 1. The summed E-state index contributed by atoms with van der Waals surface area (Å²) in [5.74, 6) is -2.02. The molecule has 118 valence electrons. The molecule has 2 fully saturated rings. The number of esters is 1. The molecule has 3 rings (SSSR count). The Kier molecular flexibility index (Phi) is 3.68. The SMILES string of the molecule is CN1[C@H]2CC[C@]1(C)[C@@H](C(=O)O)[C@@H](OC(=O)c1ccccc1)C2. The molecular formula is C17H21NO4. The number of hydrogen-bond acceptors (Lipinski definition) is 4. The molecule has 2 saturated heterocycles. The van der Waals surface area contributed by atoms with Crippen molar-refractivity contribution in [1.29, 1.82) is 0 Å². The van der Waals surface area contributed by atoms with Crippen LogP contribution in [-0.2, 0) is 9.53 Å². The van der Waals surface area contributed by atoms with E-state index in [1.807, 2.05) is 20.0 Å². The van der Waals surface area contributed by atoms with Crippen LogP contribution in [0.1, 0.15) is 36.5 Å². The van der Waals surface area contributed by atoms with Gasteiger partial charge in [-0.25, -0.2) is 4.79 Å². The first kappa shape index (κ1) is 15.0. The fraction of sp³-hybridized carbons (Fsp3) is 0.529. The molecule has 5 nitrogen and oxygen atoms in total. The van der Waals surface area contributed by atoms with Crippen LogP contribution in [0.3, 0.4) is 0 Å². The van der Waals surface area contributed by atoms with Crippen molar-refractivity contribution >= 4 is 11.9 Å². The molecule has 5 heteroatoms. The van der Waals surface area contributed by atoms with E-state index in [0.717, 1.165) is 12.8 Å². The van der Waals surface area contributed by atoms with E-state index in [9.17, 15) is 14.7 Å². The molecule has 1 N–H and O–H groups in total. The van der Waals surface area contributed by atoms with Crippen molar-refractivity contribution in [3.63, 3.8) is 0 Å². The Bertz CT molecular complexity index is 588. The van der Waals surface area contributed by atoms with E-state index in [0.29, 0.717) is 12.0 Å². The average Bonchev–Trinajstić information content (AvgIpc) is 2.68. The molecule has 2 heterocycles. The van der Waals surface area contributed by atoms with E-state index in [1.54, 1.807) is 24.3 Å². The molecule has 2 bridgehead atoms. The number of aliphatic carboxylic acids is 1. The molecule has 0 aliphatic carbocycles. The highest BCUT2D eigenvalue weighted by Gasteiger charge is 2.57. The Hall–Kier alpha value is -1.88. The first-order chi connectivity index (χ1) is 10.4. The summed E-state index contributed by atoms with van der Waals surface area (Å²) < 4.78 is 5.60. The Balaban J connectivity index is 1.84. The summed E-state index contributed by atoms with van der Waals surface area (Å²) in [6.07, 6.45) is 1.79. The van der Waals surface area contributed by atoms with Gasteiger partial charge < -0.3 is 9.84 Å². The van der Waals surface area contributed by atoms with Crippen LogP contribution in [0.2, 0.25) is 0 Å². The third kappa shape index (κ3) is 2.29. The molecule has 1 aromatic carbocycles. The van der Waals surface area contributed by atoms with Gasteiger partial charge in [-0.05, 0) is 38.9 Å². The standard InChI is InChI=1S/C17H21NO4/c1-17-9-8-12(18(17)2)10-13(14(17)15(19)20)22-16(21)11-6-4-3-5-7-11/h3-7,12-14H,8-10H2,1-2H3,(H,19,20)/t12-,13-,14+,17+/m0/s1. The van der Waals surface area contributed by atoms with Crippen molar-refractivity contribution in [2.24, 2.45) is 5.92 Å². The van der Waals surface area contributed by atoms with E-state index >= 15 is 0 Å². The summed E-state index contributed by atoms with van der Waals surface area (Å²) in [5, 5.41) is 9.68. The minimum Gasteiger partial charge on any atom is -0.481 e. The third-order valence-electron chi connectivity index (χ3n) is 5.42. The van der Waals surface area contributed by atoms with Gasteiger partial charge in [-0.2, -0.15) is 0 Å². The van der Waals surface area contributed by atoms with Crippen LogP contribution in [0.25, 0.3) is 0 Å². The maximum absolute atomic E-state index is 12.3. The van der Waals surface area contributed by atoms with E-state index in [-0.39, 0.29) is 6.04 Å². The highest BCUT2D eigenvalue weighted by molar-refractivity contribution is 5.89. The number of fused-ring (bicyclic) bond motifs is 2. The van der Waals surface area contributed by atoms with Gasteiger partial charge in [-0.1, -0.05) is 18.2 Å². The van der Waals surface area contributed by atoms with Gasteiger partial charge in [0.25, 0.3) is 0 Å². The number of carboxylic acids is 1. The normalized spacial score (nSPS) is 34.4. The third-order valence-corrected chi connectivity index (χ3v) is 5.42. The quantitative estimate of drug-likeness (QED) is 0.867. The van der Waals surface area contributed by atoms with E-state index in [1.165, 1.54) is 0 Å². The predicted octanol–water partition coefficient (Wildman–Crippen LogP) is 2.17. The van der Waals surface area contributed by atoms with Crippen LogP contribution in [-0.4, -0.2) is 46.7 Å². The lowest BCUT2D eigenvalue weighted by atomic mass is 9.77. The summed E-state index contributed by atoms with van der Waals surface area (Å²) in [6.45, 7) is 1.97. The molecule has 0 amide bonds. The van der Waals surface area contributed by atoms with Gasteiger partial charge in [0, 0.05) is 18.0 Å². The summed E-state index contributed by atoms with van der Waals surface area (Å²) in [4.78, 5) is 26.2. The number of carbonyl (C=O) groups excluding carboxylic acids is 1. The molecule has 0 saturated carbocycles. The molecule has 2 aliphatic heterocycles.